The smallest absolute Gasteiger partial charge is 0.256 e. The number of hydrogen-bond donors (Lipinski definition) is 2. The van der Waals surface area contributed by atoms with Gasteiger partial charge in [-0.3, -0.25) is 9.78 Å². The SMILES string of the molecule is Cc1ccc2cccc(C(=O)N3CCCC(O)(c4cn[nH]n4)C3)c2n1. The zero-order valence-electron chi connectivity index (χ0n) is 13.9. The maximum atomic E-state index is 13.1. The van der Waals surface area contributed by atoms with Crippen LogP contribution in [-0.2, 0) is 5.60 Å². The maximum Gasteiger partial charge on any atom is 0.256 e. The average molecular weight is 337 g/mol. The van der Waals surface area contributed by atoms with Crippen LogP contribution in [0.3, 0.4) is 0 Å². The summed E-state index contributed by atoms with van der Waals surface area (Å²) >= 11 is 0. The summed E-state index contributed by atoms with van der Waals surface area (Å²) in [6.45, 7) is 2.70. The Kier molecular flexibility index (Phi) is 3.73. The highest BCUT2D eigenvalue weighted by atomic mass is 16.3. The van der Waals surface area contributed by atoms with Crippen LogP contribution >= 0.6 is 0 Å². The molecule has 1 saturated heterocycles. The molecule has 128 valence electrons. The highest BCUT2D eigenvalue weighted by molar-refractivity contribution is 6.05. The van der Waals surface area contributed by atoms with Gasteiger partial charge >= 0.3 is 0 Å². The molecule has 1 aliphatic rings. The van der Waals surface area contributed by atoms with Crippen molar-refractivity contribution in [2.75, 3.05) is 13.1 Å². The number of pyridine rings is 1. The zero-order valence-corrected chi connectivity index (χ0v) is 13.9. The van der Waals surface area contributed by atoms with Gasteiger partial charge in [-0.15, -0.1) is 0 Å². The highest BCUT2D eigenvalue weighted by Gasteiger charge is 2.39. The molecule has 1 aliphatic heterocycles. The van der Waals surface area contributed by atoms with Crippen molar-refractivity contribution < 1.29 is 9.90 Å². The Balaban J connectivity index is 1.68. The minimum Gasteiger partial charge on any atom is -0.382 e. The van der Waals surface area contributed by atoms with Crippen LogP contribution < -0.4 is 0 Å². The summed E-state index contributed by atoms with van der Waals surface area (Å²) in [6.07, 6.45) is 2.76. The van der Waals surface area contributed by atoms with Gasteiger partial charge in [0.05, 0.1) is 23.8 Å². The van der Waals surface area contributed by atoms with Crippen molar-refractivity contribution in [3.63, 3.8) is 0 Å². The van der Waals surface area contributed by atoms with Gasteiger partial charge in [0, 0.05) is 17.6 Å². The standard InChI is InChI=1S/C18H19N5O2/c1-12-6-7-13-4-2-5-14(16(13)20-12)17(24)23-9-3-8-18(25,11-23)15-10-19-22-21-15/h2,4-7,10,25H,3,8-9,11H2,1H3,(H,19,21,22). The van der Waals surface area contributed by atoms with Crippen LogP contribution in [0.5, 0.6) is 0 Å². The van der Waals surface area contributed by atoms with E-state index in [0.717, 1.165) is 11.1 Å². The van der Waals surface area contributed by atoms with Crippen molar-refractivity contribution in [3.8, 4) is 0 Å². The number of nitrogens with zero attached hydrogens (tertiary/aromatic N) is 4. The molecule has 0 radical (unpaired) electrons. The van der Waals surface area contributed by atoms with Gasteiger partial charge in [0.2, 0.25) is 0 Å². The van der Waals surface area contributed by atoms with E-state index >= 15 is 0 Å². The quantitative estimate of drug-likeness (QED) is 0.743. The predicted molar refractivity (Wildman–Crippen MR) is 91.9 cm³/mol. The number of piperidine rings is 1. The summed E-state index contributed by atoms with van der Waals surface area (Å²) in [6, 6.07) is 9.50. The number of aryl methyl sites for hydroxylation is 1. The van der Waals surface area contributed by atoms with Crippen molar-refractivity contribution in [1.29, 1.82) is 0 Å². The number of rotatable bonds is 2. The van der Waals surface area contributed by atoms with E-state index in [9.17, 15) is 9.90 Å². The molecule has 7 heteroatoms. The van der Waals surface area contributed by atoms with Gasteiger partial charge in [0.15, 0.2) is 0 Å². The van der Waals surface area contributed by atoms with Gasteiger partial charge in [-0.05, 0) is 31.9 Å². The van der Waals surface area contributed by atoms with Crippen LogP contribution in [0.4, 0.5) is 0 Å². The van der Waals surface area contributed by atoms with E-state index < -0.39 is 5.60 Å². The number of carbonyl (C=O) groups is 1. The van der Waals surface area contributed by atoms with Gasteiger partial charge in [0.1, 0.15) is 11.3 Å². The molecule has 7 nitrogen and oxygen atoms in total. The number of aliphatic hydroxyl groups is 1. The molecule has 3 heterocycles. The molecule has 0 spiro atoms. The summed E-state index contributed by atoms with van der Waals surface area (Å²) in [5, 5.41) is 22.2. The number of aromatic nitrogens is 4. The summed E-state index contributed by atoms with van der Waals surface area (Å²) in [5.74, 6) is -0.120. The fourth-order valence-corrected chi connectivity index (χ4v) is 3.43. The molecular formula is C18H19N5O2. The number of para-hydroxylation sites is 1. The lowest BCUT2D eigenvalue weighted by Crippen LogP contribution is -2.48. The number of H-pyrrole nitrogens is 1. The summed E-state index contributed by atoms with van der Waals surface area (Å²) in [7, 11) is 0. The second-order valence-electron chi connectivity index (χ2n) is 6.55. The first kappa shape index (κ1) is 15.7. The van der Waals surface area contributed by atoms with Crippen LogP contribution in [0, 0.1) is 6.92 Å². The number of nitrogens with one attached hydrogen (secondary N) is 1. The number of likely N-dealkylation sites (tertiary alicyclic amines) is 1. The number of aromatic amines is 1. The van der Waals surface area contributed by atoms with E-state index in [-0.39, 0.29) is 12.5 Å². The lowest BCUT2D eigenvalue weighted by atomic mass is 9.89. The molecule has 4 rings (SSSR count). The fraction of sp³-hybridized carbons (Fsp3) is 0.333. The topological polar surface area (TPSA) is 95.0 Å². The monoisotopic (exact) mass is 337 g/mol. The van der Waals surface area contributed by atoms with Gasteiger partial charge in [-0.25, -0.2) is 0 Å². The molecule has 1 unspecified atom stereocenters. The second kappa shape index (κ2) is 5.93. The van der Waals surface area contributed by atoms with Crippen molar-refractivity contribution in [2.24, 2.45) is 0 Å². The summed E-state index contributed by atoms with van der Waals surface area (Å²) in [5.41, 5.74) is 1.42. The molecule has 3 aromatic rings. The van der Waals surface area contributed by atoms with E-state index in [1.807, 2.05) is 31.2 Å². The van der Waals surface area contributed by atoms with E-state index in [0.29, 0.717) is 36.2 Å². The molecule has 2 N–H and O–H groups in total. The maximum absolute atomic E-state index is 13.1. The third kappa shape index (κ3) is 2.76. The predicted octanol–water partition coefficient (Wildman–Crippen LogP) is 1.79. The Labute approximate surface area is 144 Å². The number of carbonyl (C=O) groups excluding carboxylic acids is 1. The normalized spacial score (nSPS) is 20.8. The van der Waals surface area contributed by atoms with Crippen LogP contribution in [0.25, 0.3) is 10.9 Å². The summed E-state index contributed by atoms with van der Waals surface area (Å²) < 4.78 is 0. The largest absolute Gasteiger partial charge is 0.382 e. The van der Waals surface area contributed by atoms with Gasteiger partial charge in [0.25, 0.3) is 5.91 Å². The van der Waals surface area contributed by atoms with E-state index in [1.54, 1.807) is 11.0 Å². The van der Waals surface area contributed by atoms with Crippen LogP contribution in [0.1, 0.15) is 34.6 Å². The molecule has 1 amide bonds. The molecule has 0 bridgehead atoms. The van der Waals surface area contributed by atoms with Crippen LogP contribution in [0.2, 0.25) is 0 Å². The first-order valence-electron chi connectivity index (χ1n) is 8.31. The van der Waals surface area contributed by atoms with Crippen LogP contribution in [-0.4, -0.2) is 49.4 Å². The minimum atomic E-state index is -1.17. The van der Waals surface area contributed by atoms with Gasteiger partial charge < -0.3 is 10.0 Å². The first-order chi connectivity index (χ1) is 12.1. The second-order valence-corrected chi connectivity index (χ2v) is 6.55. The third-order valence-electron chi connectivity index (χ3n) is 4.74. The zero-order chi connectivity index (χ0) is 17.4. The Hall–Kier alpha value is -2.80. The van der Waals surface area contributed by atoms with Gasteiger partial charge in [-0.2, -0.15) is 15.4 Å². The molecule has 2 aromatic heterocycles. The number of β-amino-alcohol motifs (C(OH)–C–C–N with tert-alkyl or cyclic N) is 1. The third-order valence-corrected chi connectivity index (χ3v) is 4.74. The van der Waals surface area contributed by atoms with E-state index in [2.05, 4.69) is 20.4 Å². The molecule has 1 fully saturated rings. The summed E-state index contributed by atoms with van der Waals surface area (Å²) in [4.78, 5) is 19.3. The van der Waals surface area contributed by atoms with Crippen molar-refractivity contribution >= 4 is 16.8 Å². The Morgan fingerprint density at radius 3 is 3.00 bits per heavy atom. The molecule has 0 aliphatic carbocycles. The van der Waals surface area contributed by atoms with E-state index in [4.69, 9.17) is 0 Å². The highest BCUT2D eigenvalue weighted by Crippen LogP contribution is 2.31. The molecule has 1 aromatic carbocycles. The lowest BCUT2D eigenvalue weighted by Gasteiger charge is -2.38. The van der Waals surface area contributed by atoms with Crippen molar-refractivity contribution in [2.45, 2.75) is 25.4 Å². The van der Waals surface area contributed by atoms with Crippen molar-refractivity contribution in [1.82, 2.24) is 25.3 Å². The number of hydrogen-bond acceptors (Lipinski definition) is 5. The average Bonchev–Trinajstić information content (AvgIpc) is 3.16. The molecule has 25 heavy (non-hydrogen) atoms. The molecule has 0 saturated carbocycles. The minimum absolute atomic E-state index is 0.120. The van der Waals surface area contributed by atoms with Crippen LogP contribution in [0.15, 0.2) is 36.5 Å². The molecular weight excluding hydrogens is 318 g/mol. The number of fused-ring (bicyclic) bond motifs is 1. The number of benzene rings is 1. The Bertz CT molecular complexity index is 924. The molecule has 1 atom stereocenters. The fourth-order valence-electron chi connectivity index (χ4n) is 3.43. The lowest BCUT2D eigenvalue weighted by molar-refractivity contribution is -0.0319. The Morgan fingerprint density at radius 2 is 2.20 bits per heavy atom. The Morgan fingerprint density at radius 1 is 1.32 bits per heavy atom. The number of amides is 1. The van der Waals surface area contributed by atoms with E-state index in [1.165, 1.54) is 6.20 Å². The van der Waals surface area contributed by atoms with Gasteiger partial charge in [-0.1, -0.05) is 18.2 Å². The first-order valence-corrected chi connectivity index (χ1v) is 8.31. The van der Waals surface area contributed by atoms with Crippen molar-refractivity contribution in [3.05, 3.63) is 53.5 Å².